The number of carboxylic acids is 2. The quantitative estimate of drug-likeness (QED) is 0.363. The van der Waals surface area contributed by atoms with E-state index in [2.05, 4.69) is 6.92 Å². The number of hydrogen-bond acceptors (Lipinski definition) is 4. The standard InChI is InChI=1S/C17H24O4.Mg/c1-2-3-4-5-6-10-13-17(15(18)19,16(20)21)14-11-8-7-9-12-14;/h7-9,11-12H,2-6,10,13H2,1H3,(H,18,19)(H,20,21);/q;+2/p-2. The van der Waals surface area contributed by atoms with Crippen molar-refractivity contribution >= 4 is 35.0 Å². The van der Waals surface area contributed by atoms with E-state index in [0.717, 1.165) is 32.1 Å². The van der Waals surface area contributed by atoms with Crippen molar-refractivity contribution in [1.29, 1.82) is 0 Å². The third kappa shape index (κ3) is 5.28. The zero-order valence-electron chi connectivity index (χ0n) is 13.2. The Labute approximate surface area is 148 Å². The summed E-state index contributed by atoms with van der Waals surface area (Å²) in [6.45, 7) is 2.12. The summed E-state index contributed by atoms with van der Waals surface area (Å²) >= 11 is 0. The van der Waals surface area contributed by atoms with Gasteiger partial charge < -0.3 is 19.8 Å². The molecule has 0 saturated carbocycles. The van der Waals surface area contributed by atoms with Gasteiger partial charge in [0.25, 0.3) is 0 Å². The molecule has 0 radical (unpaired) electrons. The molecule has 22 heavy (non-hydrogen) atoms. The van der Waals surface area contributed by atoms with Crippen molar-refractivity contribution in [3.05, 3.63) is 35.9 Å². The Morgan fingerprint density at radius 2 is 1.41 bits per heavy atom. The zero-order valence-corrected chi connectivity index (χ0v) is 14.6. The molecule has 0 unspecified atom stereocenters. The number of hydrogen-bond donors (Lipinski definition) is 0. The van der Waals surface area contributed by atoms with Crippen LogP contribution in [0, 0.1) is 0 Å². The Balaban J connectivity index is 0.00000441. The fraction of sp³-hybridized carbons (Fsp3) is 0.529. The van der Waals surface area contributed by atoms with Gasteiger partial charge in [0.05, 0.1) is 17.4 Å². The average Bonchev–Trinajstić information content (AvgIpc) is 2.47. The fourth-order valence-corrected chi connectivity index (χ4v) is 2.56. The summed E-state index contributed by atoms with van der Waals surface area (Å²) in [4.78, 5) is 23.0. The number of carboxylic acid groups (broad SMARTS) is 2. The Hall–Kier alpha value is -1.07. The molecule has 0 aliphatic carbocycles. The van der Waals surface area contributed by atoms with Crippen LogP contribution in [0.3, 0.4) is 0 Å². The van der Waals surface area contributed by atoms with Crippen molar-refractivity contribution in [2.45, 2.75) is 57.3 Å². The molecule has 0 atom stereocenters. The van der Waals surface area contributed by atoms with Crippen LogP contribution < -0.4 is 10.2 Å². The van der Waals surface area contributed by atoms with Gasteiger partial charge in [-0.25, -0.2) is 0 Å². The Morgan fingerprint density at radius 3 is 1.91 bits per heavy atom. The van der Waals surface area contributed by atoms with Crippen LogP contribution in [0.1, 0.15) is 57.4 Å². The van der Waals surface area contributed by atoms with Gasteiger partial charge in [-0.15, -0.1) is 0 Å². The van der Waals surface area contributed by atoms with Crippen LogP contribution in [0.15, 0.2) is 30.3 Å². The van der Waals surface area contributed by atoms with E-state index in [1.54, 1.807) is 18.2 Å². The number of carbonyl (C=O) groups excluding carboxylic acids is 2. The molecular weight excluding hydrogens is 292 g/mol. The maximum absolute atomic E-state index is 11.5. The minimum atomic E-state index is -2.05. The second kappa shape index (κ2) is 10.6. The minimum Gasteiger partial charge on any atom is -0.549 e. The predicted octanol–water partition coefficient (Wildman–Crippen LogP) is 0.794. The predicted molar refractivity (Wildman–Crippen MR) is 81.9 cm³/mol. The summed E-state index contributed by atoms with van der Waals surface area (Å²) in [6, 6.07) is 7.96. The van der Waals surface area contributed by atoms with E-state index in [1.165, 1.54) is 12.1 Å². The molecule has 5 heteroatoms. The van der Waals surface area contributed by atoms with Gasteiger partial charge in [0.1, 0.15) is 0 Å². The van der Waals surface area contributed by atoms with Crippen molar-refractivity contribution in [2.24, 2.45) is 0 Å². The van der Waals surface area contributed by atoms with E-state index in [1.807, 2.05) is 0 Å². The van der Waals surface area contributed by atoms with Crippen LogP contribution in [-0.2, 0) is 15.0 Å². The first kappa shape index (κ1) is 20.9. The summed E-state index contributed by atoms with van der Waals surface area (Å²) in [5.41, 5.74) is -1.83. The molecule has 0 aliphatic rings. The number of benzene rings is 1. The maximum atomic E-state index is 11.5. The van der Waals surface area contributed by atoms with Crippen LogP contribution in [0.4, 0.5) is 0 Å². The second-order valence-corrected chi connectivity index (χ2v) is 5.36. The maximum Gasteiger partial charge on any atom is 2.00 e. The molecule has 0 aliphatic heterocycles. The van der Waals surface area contributed by atoms with Crippen LogP contribution in [0.25, 0.3) is 0 Å². The number of carbonyl (C=O) groups is 2. The largest absolute Gasteiger partial charge is 2.00 e. The molecule has 0 bridgehead atoms. The third-order valence-corrected chi connectivity index (χ3v) is 3.87. The molecule has 0 spiro atoms. The van der Waals surface area contributed by atoms with Crippen molar-refractivity contribution in [3.63, 3.8) is 0 Å². The summed E-state index contributed by atoms with van der Waals surface area (Å²) in [7, 11) is 0. The third-order valence-electron chi connectivity index (χ3n) is 3.87. The van der Waals surface area contributed by atoms with Crippen molar-refractivity contribution < 1.29 is 19.8 Å². The van der Waals surface area contributed by atoms with Gasteiger partial charge in [-0.1, -0.05) is 75.8 Å². The van der Waals surface area contributed by atoms with E-state index in [4.69, 9.17) is 0 Å². The fourth-order valence-electron chi connectivity index (χ4n) is 2.56. The van der Waals surface area contributed by atoms with Crippen LogP contribution >= 0.6 is 0 Å². The normalized spacial score (nSPS) is 10.8. The molecule has 0 amide bonds. The molecule has 1 aromatic carbocycles. The zero-order chi connectivity index (χ0) is 15.7. The molecule has 4 nitrogen and oxygen atoms in total. The first-order valence-corrected chi connectivity index (χ1v) is 7.54. The van der Waals surface area contributed by atoms with E-state index in [0.29, 0.717) is 6.42 Å². The summed E-state index contributed by atoms with van der Waals surface area (Å²) in [5.74, 6) is -3.19. The minimum absolute atomic E-state index is 0. The summed E-state index contributed by atoms with van der Waals surface area (Å²) in [5, 5.41) is 23.0. The van der Waals surface area contributed by atoms with Crippen LogP contribution in [0.2, 0.25) is 0 Å². The molecule has 0 heterocycles. The Bertz CT molecular complexity index is 445. The van der Waals surface area contributed by atoms with E-state index in [9.17, 15) is 19.8 Å². The summed E-state index contributed by atoms with van der Waals surface area (Å²) in [6.07, 6.45) is 5.70. The Morgan fingerprint density at radius 1 is 0.909 bits per heavy atom. The number of unbranched alkanes of at least 4 members (excludes halogenated alkanes) is 5. The van der Waals surface area contributed by atoms with Crippen LogP contribution in [0.5, 0.6) is 0 Å². The van der Waals surface area contributed by atoms with Crippen molar-refractivity contribution in [2.75, 3.05) is 0 Å². The molecular formula is C17H22MgO4. The molecule has 0 N–H and O–H groups in total. The molecule has 116 valence electrons. The smallest absolute Gasteiger partial charge is 0.549 e. The van der Waals surface area contributed by atoms with Gasteiger partial charge in [0, 0.05) is 0 Å². The topological polar surface area (TPSA) is 80.3 Å². The SMILES string of the molecule is CCCCCCCCC(C(=O)[O-])(C(=O)[O-])c1ccccc1.[Mg+2]. The monoisotopic (exact) mass is 314 g/mol. The van der Waals surface area contributed by atoms with Crippen molar-refractivity contribution in [3.8, 4) is 0 Å². The first-order chi connectivity index (χ1) is 10.1. The van der Waals surface area contributed by atoms with Gasteiger partial charge in [0.2, 0.25) is 0 Å². The first-order valence-electron chi connectivity index (χ1n) is 7.54. The number of rotatable bonds is 10. The second-order valence-electron chi connectivity index (χ2n) is 5.36. The molecule has 0 fully saturated rings. The summed E-state index contributed by atoms with van der Waals surface area (Å²) < 4.78 is 0. The van der Waals surface area contributed by atoms with E-state index < -0.39 is 17.4 Å². The van der Waals surface area contributed by atoms with E-state index >= 15 is 0 Å². The van der Waals surface area contributed by atoms with Gasteiger partial charge in [-0.2, -0.15) is 0 Å². The Kier molecular flexibility index (Phi) is 10.1. The molecule has 0 aromatic heterocycles. The average molecular weight is 315 g/mol. The van der Waals surface area contributed by atoms with E-state index in [-0.39, 0.29) is 35.0 Å². The van der Waals surface area contributed by atoms with Crippen LogP contribution in [-0.4, -0.2) is 35.0 Å². The molecule has 1 aromatic rings. The van der Waals surface area contributed by atoms with Gasteiger partial charge in [-0.05, 0) is 12.0 Å². The van der Waals surface area contributed by atoms with Gasteiger partial charge >= 0.3 is 23.1 Å². The molecule has 1 rings (SSSR count). The molecule has 0 saturated heterocycles. The van der Waals surface area contributed by atoms with Gasteiger partial charge in [0.15, 0.2) is 0 Å². The van der Waals surface area contributed by atoms with Crippen molar-refractivity contribution in [1.82, 2.24) is 0 Å². The van der Waals surface area contributed by atoms with Gasteiger partial charge in [-0.3, -0.25) is 0 Å². The number of aliphatic carboxylic acids is 2.